The van der Waals surface area contributed by atoms with Crippen LogP contribution in [0.4, 0.5) is 5.13 Å². The number of aromatic nitrogens is 2. The molecule has 0 radical (unpaired) electrons. The lowest BCUT2D eigenvalue weighted by molar-refractivity contribution is -0.111. The Morgan fingerprint density at radius 3 is 2.85 bits per heavy atom. The van der Waals surface area contributed by atoms with Gasteiger partial charge in [0.05, 0.1) is 13.7 Å². The molecule has 2 aromatic rings. The van der Waals surface area contributed by atoms with E-state index in [0.29, 0.717) is 29.2 Å². The molecule has 2 rings (SSSR count). The summed E-state index contributed by atoms with van der Waals surface area (Å²) in [5.74, 6) is 2.60. The minimum atomic E-state index is -0.254. The van der Waals surface area contributed by atoms with E-state index in [9.17, 15) is 4.79 Å². The minimum absolute atomic E-state index is 0.254. The van der Waals surface area contributed by atoms with E-state index in [1.54, 1.807) is 24.9 Å². The fourth-order valence-corrected chi connectivity index (χ4v) is 3.72. The number of carbonyl (C=O) groups is 1. The number of amides is 1. The number of benzene rings is 1. The van der Waals surface area contributed by atoms with Crippen molar-refractivity contribution in [1.82, 2.24) is 10.2 Å². The van der Waals surface area contributed by atoms with Crippen LogP contribution in [0, 0.1) is 5.92 Å². The standard InChI is InChI=1S/C19H25N3O3S2/c1-5-26-19-22-21-18(27-19)20-17(23)9-7-14-6-8-15(16(12-14)24-4)25-11-10-13(2)3/h6-9,12-13H,5,10-11H2,1-4H3,(H,20,21,23)/b9-7+. The van der Waals surface area contributed by atoms with Gasteiger partial charge in [0, 0.05) is 6.08 Å². The summed E-state index contributed by atoms with van der Waals surface area (Å²) in [5.41, 5.74) is 0.845. The van der Waals surface area contributed by atoms with Crippen LogP contribution in [0.15, 0.2) is 28.6 Å². The van der Waals surface area contributed by atoms with E-state index >= 15 is 0 Å². The maximum Gasteiger partial charge on any atom is 0.250 e. The van der Waals surface area contributed by atoms with E-state index in [-0.39, 0.29) is 5.91 Å². The molecule has 0 aliphatic rings. The molecule has 6 nitrogen and oxygen atoms in total. The lowest BCUT2D eigenvalue weighted by Crippen LogP contribution is -2.07. The molecule has 0 saturated carbocycles. The van der Waals surface area contributed by atoms with Crippen LogP contribution < -0.4 is 14.8 Å². The predicted octanol–water partition coefficient (Wildman–Crippen LogP) is 4.74. The van der Waals surface area contributed by atoms with Gasteiger partial charge in [0.25, 0.3) is 0 Å². The monoisotopic (exact) mass is 407 g/mol. The average molecular weight is 408 g/mol. The first-order valence-electron chi connectivity index (χ1n) is 8.78. The quantitative estimate of drug-likeness (QED) is 0.348. The van der Waals surface area contributed by atoms with E-state index < -0.39 is 0 Å². The van der Waals surface area contributed by atoms with Gasteiger partial charge in [0.1, 0.15) is 0 Å². The summed E-state index contributed by atoms with van der Waals surface area (Å²) < 4.78 is 12.0. The zero-order valence-electron chi connectivity index (χ0n) is 16.0. The van der Waals surface area contributed by atoms with Crippen molar-refractivity contribution in [1.29, 1.82) is 0 Å². The Balaban J connectivity index is 1.95. The van der Waals surface area contributed by atoms with E-state index in [1.165, 1.54) is 17.4 Å². The zero-order valence-corrected chi connectivity index (χ0v) is 17.7. The van der Waals surface area contributed by atoms with Crippen molar-refractivity contribution in [3.05, 3.63) is 29.8 Å². The van der Waals surface area contributed by atoms with Crippen molar-refractivity contribution in [2.24, 2.45) is 5.92 Å². The van der Waals surface area contributed by atoms with Crippen LogP contribution >= 0.6 is 23.1 Å². The van der Waals surface area contributed by atoms with Crippen molar-refractivity contribution < 1.29 is 14.3 Å². The van der Waals surface area contributed by atoms with Gasteiger partial charge in [-0.05, 0) is 41.9 Å². The highest BCUT2D eigenvalue weighted by molar-refractivity contribution is 8.01. The maximum atomic E-state index is 12.1. The number of hydrogen-bond acceptors (Lipinski definition) is 7. The van der Waals surface area contributed by atoms with Gasteiger partial charge in [0.2, 0.25) is 11.0 Å². The summed E-state index contributed by atoms with van der Waals surface area (Å²) in [6.45, 7) is 7.00. The first-order chi connectivity index (χ1) is 13.0. The summed E-state index contributed by atoms with van der Waals surface area (Å²) in [4.78, 5) is 12.1. The minimum Gasteiger partial charge on any atom is -0.493 e. The first kappa shape index (κ1) is 21.2. The van der Waals surface area contributed by atoms with Gasteiger partial charge < -0.3 is 9.47 Å². The second kappa shape index (κ2) is 10.9. The topological polar surface area (TPSA) is 73.3 Å². The molecule has 0 unspecified atom stereocenters. The van der Waals surface area contributed by atoms with Gasteiger partial charge in [-0.2, -0.15) is 0 Å². The Morgan fingerprint density at radius 1 is 1.33 bits per heavy atom. The third-order valence-electron chi connectivity index (χ3n) is 3.47. The summed E-state index contributed by atoms with van der Waals surface area (Å²) >= 11 is 2.96. The highest BCUT2D eigenvalue weighted by atomic mass is 32.2. The van der Waals surface area contributed by atoms with Crippen LogP contribution in [0.1, 0.15) is 32.8 Å². The Bertz CT molecular complexity index is 775. The number of methoxy groups -OCH3 is 1. The number of rotatable bonds is 10. The van der Waals surface area contributed by atoms with Crippen LogP contribution in [0.5, 0.6) is 11.5 Å². The summed E-state index contributed by atoms with van der Waals surface area (Å²) in [5, 5.41) is 11.2. The molecule has 1 amide bonds. The lowest BCUT2D eigenvalue weighted by atomic mass is 10.1. The summed E-state index contributed by atoms with van der Waals surface area (Å²) in [6, 6.07) is 5.59. The summed E-state index contributed by atoms with van der Waals surface area (Å²) in [6.07, 6.45) is 4.16. The van der Waals surface area contributed by atoms with Crippen molar-refractivity contribution in [3.63, 3.8) is 0 Å². The number of anilines is 1. The molecular weight excluding hydrogens is 382 g/mol. The van der Waals surface area contributed by atoms with Gasteiger partial charge in [-0.3, -0.25) is 10.1 Å². The van der Waals surface area contributed by atoms with Crippen molar-refractivity contribution in [3.8, 4) is 11.5 Å². The van der Waals surface area contributed by atoms with Crippen molar-refractivity contribution in [2.45, 2.75) is 31.5 Å². The number of nitrogens with one attached hydrogen (secondary N) is 1. The summed E-state index contributed by atoms with van der Waals surface area (Å²) in [7, 11) is 1.60. The number of carbonyl (C=O) groups excluding carboxylic acids is 1. The number of ether oxygens (including phenoxy) is 2. The smallest absolute Gasteiger partial charge is 0.250 e. The SMILES string of the molecule is CCSc1nnc(NC(=O)/C=C/c2ccc(OCCC(C)C)c(OC)c2)s1. The van der Waals surface area contributed by atoms with Crippen LogP contribution in [0.3, 0.4) is 0 Å². The maximum absolute atomic E-state index is 12.1. The second-order valence-electron chi connectivity index (χ2n) is 6.07. The normalized spacial score (nSPS) is 11.1. The molecule has 0 aliphatic carbocycles. The molecule has 0 aliphatic heterocycles. The van der Waals surface area contributed by atoms with Crippen LogP contribution in [-0.4, -0.2) is 35.6 Å². The largest absolute Gasteiger partial charge is 0.493 e. The van der Waals surface area contributed by atoms with Gasteiger partial charge in [0.15, 0.2) is 15.8 Å². The van der Waals surface area contributed by atoms with E-state index in [1.807, 2.05) is 25.1 Å². The Labute approximate surface area is 168 Å². The Morgan fingerprint density at radius 2 is 2.15 bits per heavy atom. The van der Waals surface area contributed by atoms with Gasteiger partial charge >= 0.3 is 0 Å². The molecule has 1 heterocycles. The molecule has 1 aromatic carbocycles. The zero-order chi connectivity index (χ0) is 19.6. The van der Waals surface area contributed by atoms with E-state index in [4.69, 9.17) is 9.47 Å². The van der Waals surface area contributed by atoms with Gasteiger partial charge in [-0.25, -0.2) is 0 Å². The molecule has 0 atom stereocenters. The number of nitrogens with zero attached hydrogens (tertiary/aromatic N) is 2. The van der Waals surface area contributed by atoms with E-state index in [2.05, 4.69) is 29.4 Å². The van der Waals surface area contributed by atoms with Gasteiger partial charge in [-0.15, -0.1) is 10.2 Å². The predicted molar refractivity (Wildman–Crippen MR) is 112 cm³/mol. The highest BCUT2D eigenvalue weighted by Crippen LogP contribution is 2.29. The fourth-order valence-electron chi connectivity index (χ4n) is 2.07. The molecule has 146 valence electrons. The Hall–Kier alpha value is -2.06. The molecule has 0 fully saturated rings. The lowest BCUT2D eigenvalue weighted by Gasteiger charge is -2.12. The average Bonchev–Trinajstić information content (AvgIpc) is 3.07. The van der Waals surface area contributed by atoms with E-state index in [0.717, 1.165) is 22.1 Å². The molecule has 1 aromatic heterocycles. The Kier molecular flexibility index (Phi) is 8.60. The molecule has 0 saturated heterocycles. The molecule has 0 spiro atoms. The number of hydrogen-bond donors (Lipinski definition) is 1. The highest BCUT2D eigenvalue weighted by Gasteiger charge is 2.08. The van der Waals surface area contributed by atoms with Crippen molar-refractivity contribution in [2.75, 3.05) is 24.8 Å². The third kappa shape index (κ3) is 7.22. The second-order valence-corrected chi connectivity index (χ2v) is 8.56. The van der Waals surface area contributed by atoms with Crippen LogP contribution in [0.25, 0.3) is 6.08 Å². The fraction of sp³-hybridized carbons (Fsp3) is 0.421. The molecular formula is C19H25N3O3S2. The molecule has 0 bridgehead atoms. The molecule has 27 heavy (non-hydrogen) atoms. The van der Waals surface area contributed by atoms with Crippen LogP contribution in [-0.2, 0) is 4.79 Å². The molecule has 1 N–H and O–H groups in total. The third-order valence-corrected chi connectivity index (χ3v) is 5.33. The number of thioether (sulfide) groups is 1. The van der Waals surface area contributed by atoms with Crippen molar-refractivity contribution >= 4 is 40.2 Å². The molecule has 8 heteroatoms. The first-order valence-corrected chi connectivity index (χ1v) is 10.6. The van der Waals surface area contributed by atoms with Crippen LogP contribution in [0.2, 0.25) is 0 Å². The van der Waals surface area contributed by atoms with Gasteiger partial charge in [-0.1, -0.05) is 49.9 Å².